The number of esters is 1. The second-order valence-corrected chi connectivity index (χ2v) is 5.62. The fourth-order valence-electron chi connectivity index (χ4n) is 3.05. The molecule has 0 spiro atoms. The molecule has 0 saturated heterocycles. The maximum Gasteiger partial charge on any atom is 0.305 e. The standard InChI is InChI=1S/C18H21N3O2/c1-14-15-7-3-4-8-16(15)21(11-6-5-9-17(22)23-2)18(14)20-12-10-19-13-20/h3-4,7-8,10,12-13H,5-6,9,11H2,1-2H3. The molecule has 0 saturated carbocycles. The predicted octanol–water partition coefficient (Wildman–Crippen LogP) is 3.48. The van der Waals surface area contributed by atoms with Gasteiger partial charge in [-0.3, -0.25) is 9.36 Å². The number of methoxy groups -OCH3 is 1. The van der Waals surface area contributed by atoms with Crippen molar-refractivity contribution in [2.75, 3.05) is 7.11 Å². The summed E-state index contributed by atoms with van der Waals surface area (Å²) in [5.41, 5.74) is 2.46. The van der Waals surface area contributed by atoms with Crippen LogP contribution in [0, 0.1) is 6.92 Å². The lowest BCUT2D eigenvalue weighted by Gasteiger charge is -2.12. The first-order valence-electron chi connectivity index (χ1n) is 7.85. The second kappa shape index (κ2) is 6.69. The Bertz CT molecular complexity index is 803. The van der Waals surface area contributed by atoms with Gasteiger partial charge in [0, 0.05) is 36.3 Å². The monoisotopic (exact) mass is 311 g/mol. The molecule has 5 heteroatoms. The van der Waals surface area contributed by atoms with Gasteiger partial charge in [-0.25, -0.2) is 4.98 Å². The Labute approximate surface area is 135 Å². The van der Waals surface area contributed by atoms with Gasteiger partial charge in [0.1, 0.15) is 12.1 Å². The maximum absolute atomic E-state index is 11.3. The number of nitrogens with zero attached hydrogens (tertiary/aromatic N) is 3. The zero-order valence-electron chi connectivity index (χ0n) is 13.5. The van der Waals surface area contributed by atoms with Gasteiger partial charge in [-0.2, -0.15) is 0 Å². The van der Waals surface area contributed by atoms with Crippen LogP contribution >= 0.6 is 0 Å². The summed E-state index contributed by atoms with van der Waals surface area (Å²) < 4.78 is 9.06. The molecule has 0 aliphatic carbocycles. The number of carbonyl (C=O) groups excluding carboxylic acids is 1. The van der Waals surface area contributed by atoms with E-state index in [0.29, 0.717) is 6.42 Å². The van der Waals surface area contributed by atoms with Gasteiger partial charge in [-0.05, 0) is 31.4 Å². The van der Waals surface area contributed by atoms with E-state index >= 15 is 0 Å². The van der Waals surface area contributed by atoms with Gasteiger partial charge in [0.15, 0.2) is 0 Å². The fraction of sp³-hybridized carbons (Fsp3) is 0.333. The normalized spacial score (nSPS) is 11.0. The SMILES string of the molecule is COC(=O)CCCCn1c(-n2ccnc2)c(C)c2ccccc21. The number of aromatic nitrogens is 3. The third-order valence-electron chi connectivity index (χ3n) is 4.18. The van der Waals surface area contributed by atoms with Crippen LogP contribution in [0.4, 0.5) is 0 Å². The van der Waals surface area contributed by atoms with E-state index in [1.54, 1.807) is 6.20 Å². The van der Waals surface area contributed by atoms with Crippen LogP contribution in [0.25, 0.3) is 16.7 Å². The number of aryl methyl sites for hydroxylation is 2. The summed E-state index contributed by atoms with van der Waals surface area (Å²) in [6.07, 6.45) is 7.79. The van der Waals surface area contributed by atoms with Crippen molar-refractivity contribution in [1.29, 1.82) is 0 Å². The number of para-hydroxylation sites is 1. The van der Waals surface area contributed by atoms with Gasteiger partial charge in [0.05, 0.1) is 7.11 Å². The fourth-order valence-corrected chi connectivity index (χ4v) is 3.05. The molecule has 5 nitrogen and oxygen atoms in total. The number of hydrogen-bond acceptors (Lipinski definition) is 3. The molecule has 0 radical (unpaired) electrons. The summed E-state index contributed by atoms with van der Waals surface area (Å²) in [4.78, 5) is 15.4. The van der Waals surface area contributed by atoms with E-state index in [0.717, 1.165) is 25.2 Å². The topological polar surface area (TPSA) is 49.0 Å². The minimum Gasteiger partial charge on any atom is -0.469 e. The highest BCUT2D eigenvalue weighted by atomic mass is 16.5. The molecule has 0 amide bonds. The molecule has 0 bridgehead atoms. The van der Waals surface area contributed by atoms with Crippen molar-refractivity contribution in [3.8, 4) is 5.82 Å². The molecule has 0 atom stereocenters. The summed E-state index contributed by atoms with van der Waals surface area (Å²) in [5, 5.41) is 1.25. The highest BCUT2D eigenvalue weighted by Crippen LogP contribution is 2.28. The minimum atomic E-state index is -0.145. The van der Waals surface area contributed by atoms with E-state index in [9.17, 15) is 4.79 Å². The molecule has 3 aromatic rings. The van der Waals surface area contributed by atoms with Gasteiger partial charge in [0.2, 0.25) is 0 Å². The Morgan fingerprint density at radius 3 is 2.83 bits per heavy atom. The lowest BCUT2D eigenvalue weighted by molar-refractivity contribution is -0.140. The molecule has 0 fully saturated rings. The van der Waals surface area contributed by atoms with E-state index in [4.69, 9.17) is 4.74 Å². The summed E-state index contributed by atoms with van der Waals surface area (Å²) in [6, 6.07) is 8.41. The summed E-state index contributed by atoms with van der Waals surface area (Å²) in [6.45, 7) is 3.00. The van der Waals surface area contributed by atoms with Crippen molar-refractivity contribution in [3.05, 3.63) is 48.5 Å². The van der Waals surface area contributed by atoms with Crippen LogP contribution in [0.5, 0.6) is 0 Å². The van der Waals surface area contributed by atoms with Crippen LogP contribution < -0.4 is 0 Å². The van der Waals surface area contributed by atoms with Crippen molar-refractivity contribution >= 4 is 16.9 Å². The average molecular weight is 311 g/mol. The number of fused-ring (bicyclic) bond motifs is 1. The zero-order chi connectivity index (χ0) is 16.2. The van der Waals surface area contributed by atoms with Crippen molar-refractivity contribution < 1.29 is 9.53 Å². The summed E-state index contributed by atoms with van der Waals surface area (Å²) >= 11 is 0. The van der Waals surface area contributed by atoms with Gasteiger partial charge in [-0.1, -0.05) is 18.2 Å². The first kappa shape index (κ1) is 15.3. The zero-order valence-corrected chi connectivity index (χ0v) is 13.5. The van der Waals surface area contributed by atoms with Crippen molar-refractivity contribution in [1.82, 2.24) is 14.1 Å². The van der Waals surface area contributed by atoms with Crippen LogP contribution in [-0.4, -0.2) is 27.2 Å². The Hall–Kier alpha value is -2.56. The summed E-state index contributed by atoms with van der Waals surface area (Å²) in [7, 11) is 1.43. The Balaban J connectivity index is 1.91. The van der Waals surface area contributed by atoms with E-state index in [-0.39, 0.29) is 5.97 Å². The highest BCUT2D eigenvalue weighted by molar-refractivity contribution is 5.87. The highest BCUT2D eigenvalue weighted by Gasteiger charge is 2.15. The van der Waals surface area contributed by atoms with Gasteiger partial charge < -0.3 is 9.30 Å². The largest absolute Gasteiger partial charge is 0.469 e. The van der Waals surface area contributed by atoms with Crippen molar-refractivity contribution in [3.63, 3.8) is 0 Å². The number of imidazole rings is 1. The van der Waals surface area contributed by atoms with Crippen LogP contribution in [0.2, 0.25) is 0 Å². The van der Waals surface area contributed by atoms with Crippen LogP contribution in [0.1, 0.15) is 24.8 Å². The Morgan fingerprint density at radius 1 is 1.26 bits per heavy atom. The van der Waals surface area contributed by atoms with Gasteiger partial charge >= 0.3 is 5.97 Å². The molecular formula is C18H21N3O2. The molecule has 23 heavy (non-hydrogen) atoms. The maximum atomic E-state index is 11.3. The van der Waals surface area contributed by atoms with Crippen molar-refractivity contribution in [2.45, 2.75) is 32.7 Å². The van der Waals surface area contributed by atoms with Gasteiger partial charge in [0.25, 0.3) is 0 Å². The van der Waals surface area contributed by atoms with E-state index < -0.39 is 0 Å². The van der Waals surface area contributed by atoms with Crippen LogP contribution in [-0.2, 0) is 16.1 Å². The number of hydrogen-bond donors (Lipinski definition) is 0. The third kappa shape index (κ3) is 2.99. The smallest absolute Gasteiger partial charge is 0.305 e. The molecular weight excluding hydrogens is 290 g/mol. The first-order chi connectivity index (χ1) is 11.2. The molecule has 0 N–H and O–H groups in total. The molecule has 0 unspecified atom stereocenters. The number of rotatable bonds is 6. The lowest BCUT2D eigenvalue weighted by Crippen LogP contribution is -2.07. The van der Waals surface area contributed by atoms with Crippen LogP contribution in [0.3, 0.4) is 0 Å². The molecule has 3 rings (SSSR count). The van der Waals surface area contributed by atoms with E-state index in [1.807, 2.05) is 12.5 Å². The van der Waals surface area contributed by atoms with E-state index in [1.165, 1.54) is 23.6 Å². The molecule has 2 aromatic heterocycles. The minimum absolute atomic E-state index is 0.145. The second-order valence-electron chi connectivity index (χ2n) is 5.62. The molecule has 120 valence electrons. The number of ether oxygens (including phenoxy) is 1. The molecule has 0 aliphatic heterocycles. The quantitative estimate of drug-likeness (QED) is 0.517. The third-order valence-corrected chi connectivity index (χ3v) is 4.18. The molecule has 0 aliphatic rings. The van der Waals surface area contributed by atoms with E-state index in [2.05, 4.69) is 45.3 Å². The van der Waals surface area contributed by atoms with Crippen molar-refractivity contribution in [2.24, 2.45) is 0 Å². The number of benzene rings is 1. The van der Waals surface area contributed by atoms with Crippen LogP contribution in [0.15, 0.2) is 43.0 Å². The van der Waals surface area contributed by atoms with Gasteiger partial charge in [-0.15, -0.1) is 0 Å². The lowest BCUT2D eigenvalue weighted by atomic mass is 10.2. The predicted molar refractivity (Wildman–Crippen MR) is 89.7 cm³/mol. The number of unbranched alkanes of at least 4 members (excludes halogenated alkanes) is 1. The summed E-state index contributed by atoms with van der Waals surface area (Å²) in [5.74, 6) is 0.996. The molecule has 1 aromatic carbocycles. The Morgan fingerprint density at radius 2 is 2.09 bits per heavy atom. The number of carbonyl (C=O) groups is 1. The Kier molecular flexibility index (Phi) is 4.46. The first-order valence-corrected chi connectivity index (χ1v) is 7.85. The average Bonchev–Trinajstić information content (AvgIpc) is 3.18. The molecule has 2 heterocycles.